The topological polar surface area (TPSA) is 99.8 Å². The van der Waals surface area contributed by atoms with Crippen LogP contribution in [-0.2, 0) is 4.79 Å². The molecule has 0 aromatic rings. The highest BCUT2D eigenvalue weighted by Crippen LogP contribution is 2.20. The van der Waals surface area contributed by atoms with E-state index >= 15 is 0 Å². The summed E-state index contributed by atoms with van der Waals surface area (Å²) in [5, 5.41) is 5.94. The molecule has 8 heteroatoms. The smallest absolute Gasteiger partial charge is 0.325 e. The molecule has 7 nitrogen and oxygen atoms in total. The third kappa shape index (κ3) is 7.67. The van der Waals surface area contributed by atoms with Gasteiger partial charge in [-0.1, -0.05) is 33.6 Å². The van der Waals surface area contributed by atoms with E-state index in [1.165, 1.54) is 17.7 Å². The number of hydrogen-bond acceptors (Lipinski definition) is 3. The number of carbonyl (C=O) groups is 2. The van der Waals surface area contributed by atoms with Crippen LogP contribution < -0.4 is 16.4 Å². The minimum absolute atomic E-state index is 0. The maximum atomic E-state index is 12.3. The van der Waals surface area contributed by atoms with Crippen LogP contribution in [0.2, 0.25) is 0 Å². The van der Waals surface area contributed by atoms with Crippen LogP contribution in [0.5, 0.6) is 0 Å². The second-order valence-electron chi connectivity index (χ2n) is 7.56. The molecule has 1 saturated heterocycles. The highest BCUT2D eigenvalue weighted by atomic mass is 127. The Morgan fingerprint density at radius 3 is 2.46 bits per heavy atom. The lowest BCUT2D eigenvalue weighted by Crippen LogP contribution is -2.43. The number of nitrogens with one attached hydrogen (secondary N) is 2. The largest absolute Gasteiger partial charge is 0.370 e. The van der Waals surface area contributed by atoms with E-state index in [0.29, 0.717) is 37.9 Å². The third-order valence-corrected chi connectivity index (χ3v) is 4.69. The molecule has 0 radical (unpaired) electrons. The van der Waals surface area contributed by atoms with Gasteiger partial charge in [0.15, 0.2) is 5.96 Å². The van der Waals surface area contributed by atoms with E-state index in [1.54, 1.807) is 6.92 Å². The van der Waals surface area contributed by atoms with Gasteiger partial charge < -0.3 is 16.4 Å². The molecule has 1 aliphatic rings. The molecule has 1 fully saturated rings. The highest BCUT2D eigenvalue weighted by Gasteiger charge is 2.45. The zero-order valence-corrected chi connectivity index (χ0v) is 19.1. The molecule has 0 aliphatic carbocycles. The first-order valence-electron chi connectivity index (χ1n) is 9.40. The summed E-state index contributed by atoms with van der Waals surface area (Å²) in [7, 11) is 0. The summed E-state index contributed by atoms with van der Waals surface area (Å²) in [5.74, 6) is 0.986. The fraction of sp³-hybridized carbons (Fsp3) is 0.833. The first-order chi connectivity index (χ1) is 11.7. The predicted octanol–water partition coefficient (Wildman–Crippen LogP) is 2.83. The predicted molar refractivity (Wildman–Crippen MR) is 117 cm³/mol. The van der Waals surface area contributed by atoms with Gasteiger partial charge in [-0.2, -0.15) is 0 Å². The molecular weight excluding hydrogens is 445 g/mol. The van der Waals surface area contributed by atoms with Crippen LogP contribution >= 0.6 is 24.0 Å². The molecule has 26 heavy (non-hydrogen) atoms. The van der Waals surface area contributed by atoms with Gasteiger partial charge in [0.25, 0.3) is 5.91 Å². The Balaban J connectivity index is 0.00000625. The van der Waals surface area contributed by atoms with E-state index in [4.69, 9.17) is 5.73 Å². The number of carbonyl (C=O) groups excluding carboxylic acids is 2. The van der Waals surface area contributed by atoms with Crippen LogP contribution in [-0.4, -0.2) is 47.5 Å². The van der Waals surface area contributed by atoms with Crippen molar-refractivity contribution in [1.29, 1.82) is 0 Å². The summed E-state index contributed by atoms with van der Waals surface area (Å²) < 4.78 is 0. The van der Waals surface area contributed by atoms with Crippen LogP contribution in [0.25, 0.3) is 0 Å². The molecule has 3 amide bonds. The molecule has 152 valence electrons. The van der Waals surface area contributed by atoms with Gasteiger partial charge in [0.05, 0.1) is 0 Å². The lowest BCUT2D eigenvalue weighted by atomic mass is 9.99. The van der Waals surface area contributed by atoms with Gasteiger partial charge in [-0.25, -0.2) is 4.79 Å². The summed E-state index contributed by atoms with van der Waals surface area (Å²) >= 11 is 0. The van der Waals surface area contributed by atoms with Crippen LogP contribution in [0, 0.1) is 5.92 Å². The molecule has 0 saturated carbocycles. The summed E-state index contributed by atoms with van der Waals surface area (Å²) in [6.07, 6.45) is 4.63. The van der Waals surface area contributed by atoms with E-state index < -0.39 is 5.54 Å². The van der Waals surface area contributed by atoms with Gasteiger partial charge in [-0.15, -0.1) is 24.0 Å². The first-order valence-corrected chi connectivity index (χ1v) is 9.40. The Hall–Kier alpha value is -1.06. The Morgan fingerprint density at radius 2 is 1.92 bits per heavy atom. The second kappa shape index (κ2) is 11.6. The van der Waals surface area contributed by atoms with Crippen molar-refractivity contribution < 1.29 is 9.59 Å². The van der Waals surface area contributed by atoms with Gasteiger partial charge in [0, 0.05) is 19.1 Å². The van der Waals surface area contributed by atoms with Crippen molar-refractivity contribution in [1.82, 2.24) is 15.5 Å². The van der Waals surface area contributed by atoms with Gasteiger partial charge >= 0.3 is 6.03 Å². The Labute approximate surface area is 174 Å². The van der Waals surface area contributed by atoms with Crippen LogP contribution in [0.3, 0.4) is 0 Å². The van der Waals surface area contributed by atoms with Crippen molar-refractivity contribution in [2.75, 3.05) is 13.1 Å². The molecular formula is C18H36IN5O2. The molecule has 0 bridgehead atoms. The normalized spacial score (nSPS) is 21.6. The summed E-state index contributed by atoms with van der Waals surface area (Å²) in [6.45, 7) is 11.0. The van der Waals surface area contributed by atoms with E-state index in [2.05, 4.69) is 36.4 Å². The third-order valence-electron chi connectivity index (χ3n) is 4.69. The van der Waals surface area contributed by atoms with Crippen molar-refractivity contribution >= 4 is 41.9 Å². The Kier molecular flexibility index (Phi) is 11.1. The van der Waals surface area contributed by atoms with Crippen LogP contribution in [0.4, 0.5) is 4.79 Å². The SMILES string of the molecule is CCC1(C)NC(=O)N(CCCN=C(N)NC(C)CCCC(C)C)C1=O.I. The average molecular weight is 481 g/mol. The van der Waals surface area contributed by atoms with Crippen LogP contribution in [0.1, 0.15) is 66.7 Å². The summed E-state index contributed by atoms with van der Waals surface area (Å²) in [5.41, 5.74) is 5.13. The van der Waals surface area contributed by atoms with Gasteiger partial charge in [0.2, 0.25) is 0 Å². The number of halogens is 1. The number of urea groups is 1. The second-order valence-corrected chi connectivity index (χ2v) is 7.56. The van der Waals surface area contributed by atoms with Crippen molar-refractivity contribution in [3.8, 4) is 0 Å². The molecule has 1 rings (SSSR count). The Morgan fingerprint density at radius 1 is 1.27 bits per heavy atom. The molecule has 4 N–H and O–H groups in total. The summed E-state index contributed by atoms with van der Waals surface area (Å²) in [6, 6.07) is -0.0260. The fourth-order valence-corrected chi connectivity index (χ4v) is 2.82. The number of nitrogens with two attached hydrogens (primary N) is 1. The molecule has 2 atom stereocenters. The molecule has 1 heterocycles. The lowest BCUT2D eigenvalue weighted by Gasteiger charge is -2.19. The van der Waals surface area contributed by atoms with Crippen molar-refractivity contribution in [3.63, 3.8) is 0 Å². The summed E-state index contributed by atoms with van der Waals surface area (Å²) in [4.78, 5) is 29.7. The number of aliphatic imine (C=N–C) groups is 1. The fourth-order valence-electron chi connectivity index (χ4n) is 2.82. The minimum atomic E-state index is -0.771. The number of amides is 3. The number of nitrogens with zero attached hydrogens (tertiary/aromatic N) is 2. The van der Waals surface area contributed by atoms with Gasteiger partial charge in [-0.05, 0) is 39.0 Å². The minimum Gasteiger partial charge on any atom is -0.370 e. The molecule has 0 aromatic heterocycles. The maximum Gasteiger partial charge on any atom is 0.325 e. The van der Waals surface area contributed by atoms with E-state index in [0.717, 1.165) is 12.3 Å². The quantitative estimate of drug-likeness (QED) is 0.147. The standard InChI is InChI=1S/C18H35N5O2.HI/c1-6-18(5)15(24)23(17(25)22-18)12-8-11-20-16(19)21-14(4)10-7-9-13(2)3;/h13-14H,6-12H2,1-5H3,(H,22,25)(H3,19,20,21);1H. The van der Waals surface area contributed by atoms with Crippen molar-refractivity contribution in [3.05, 3.63) is 0 Å². The van der Waals surface area contributed by atoms with Gasteiger partial charge in [0.1, 0.15) is 5.54 Å². The lowest BCUT2D eigenvalue weighted by molar-refractivity contribution is -0.130. The van der Waals surface area contributed by atoms with Crippen molar-refractivity contribution in [2.24, 2.45) is 16.6 Å². The number of hydrogen-bond donors (Lipinski definition) is 3. The van der Waals surface area contributed by atoms with E-state index in [-0.39, 0.29) is 35.9 Å². The monoisotopic (exact) mass is 481 g/mol. The van der Waals surface area contributed by atoms with Gasteiger partial charge in [-0.3, -0.25) is 14.7 Å². The van der Waals surface area contributed by atoms with Crippen molar-refractivity contribution in [2.45, 2.75) is 78.3 Å². The van der Waals surface area contributed by atoms with E-state index in [1.807, 2.05) is 6.92 Å². The zero-order valence-electron chi connectivity index (χ0n) is 16.8. The van der Waals surface area contributed by atoms with Crippen LogP contribution in [0.15, 0.2) is 4.99 Å². The number of guanidine groups is 1. The first kappa shape index (κ1) is 24.9. The molecule has 1 aliphatic heterocycles. The maximum absolute atomic E-state index is 12.3. The number of rotatable bonds is 10. The van der Waals surface area contributed by atoms with E-state index in [9.17, 15) is 9.59 Å². The highest BCUT2D eigenvalue weighted by molar-refractivity contribution is 14.0. The number of imide groups is 1. The average Bonchev–Trinajstić information content (AvgIpc) is 2.74. The zero-order chi connectivity index (χ0) is 19.0. The molecule has 2 unspecified atom stereocenters. The molecule has 0 spiro atoms. The Bertz CT molecular complexity index is 498. The molecule has 0 aromatic carbocycles.